The molecule has 12 nitrogen and oxygen atoms in total. The Morgan fingerprint density at radius 2 is 1.63 bits per heavy atom. The first kappa shape index (κ1) is 34.2. The van der Waals surface area contributed by atoms with Crippen molar-refractivity contribution in [3.63, 3.8) is 0 Å². The van der Waals surface area contributed by atoms with Gasteiger partial charge in [0.15, 0.2) is 0 Å². The fourth-order valence-electron chi connectivity index (χ4n) is 9.79. The fourth-order valence-corrected chi connectivity index (χ4v) is 10.3. The highest BCUT2D eigenvalue weighted by Gasteiger charge is 2.67. The number of nitrogens with one attached hydrogen (secondary N) is 1. The highest BCUT2D eigenvalue weighted by atomic mass is 32.2. The van der Waals surface area contributed by atoms with Crippen LogP contribution < -0.4 is 9.46 Å². The van der Waals surface area contributed by atoms with Gasteiger partial charge in [-0.25, -0.2) is 4.72 Å². The summed E-state index contributed by atoms with van der Waals surface area (Å²) < 4.78 is 42.3. The Balaban J connectivity index is 1.24. The monoisotopic (exact) mass is 717 g/mol. The number of benzene rings is 2. The third kappa shape index (κ3) is 5.45. The van der Waals surface area contributed by atoms with Crippen LogP contribution in [0.3, 0.4) is 0 Å². The van der Waals surface area contributed by atoms with Crippen molar-refractivity contribution in [3.05, 3.63) is 53.1 Å². The molecular formula is C38H47N5O7S. The molecule has 0 radical (unpaired) electrons. The highest BCUT2D eigenvalue weighted by Crippen LogP contribution is 2.56. The minimum atomic E-state index is -4.00. The lowest BCUT2D eigenvalue weighted by molar-refractivity contribution is -0.136. The molecule has 0 bridgehead atoms. The zero-order chi connectivity index (χ0) is 35.9. The van der Waals surface area contributed by atoms with Crippen LogP contribution in [-0.4, -0.2) is 105 Å². The Morgan fingerprint density at radius 1 is 0.941 bits per heavy atom. The molecule has 2 aromatic carbocycles. The fraction of sp³-hybridized carbons (Fsp3) is 0.553. The lowest BCUT2D eigenvalue weighted by atomic mass is 9.71. The molecule has 1 aromatic heterocycles. The lowest BCUT2D eigenvalue weighted by Crippen LogP contribution is -2.43. The molecular weight excluding hydrogens is 671 g/mol. The van der Waals surface area contributed by atoms with E-state index in [1.54, 1.807) is 26.2 Å². The van der Waals surface area contributed by atoms with Gasteiger partial charge in [-0.2, -0.15) is 12.7 Å². The van der Waals surface area contributed by atoms with Gasteiger partial charge >= 0.3 is 10.2 Å². The summed E-state index contributed by atoms with van der Waals surface area (Å²) in [5, 5.41) is 1.03. The molecule has 8 rings (SSSR count). The Bertz CT molecular complexity index is 2030. The molecule has 3 aromatic rings. The molecule has 0 spiro atoms. The van der Waals surface area contributed by atoms with E-state index in [1.807, 2.05) is 21.9 Å². The molecule has 5 heterocycles. The average Bonchev–Trinajstić information content (AvgIpc) is 3.76. The number of carbonyl (C=O) groups excluding carboxylic acids is 3. The lowest BCUT2D eigenvalue weighted by Gasteiger charge is -2.29. The quantitative estimate of drug-likeness (QED) is 0.411. The van der Waals surface area contributed by atoms with Crippen molar-refractivity contribution >= 4 is 38.8 Å². The largest absolute Gasteiger partial charge is 0.497 e. The number of rotatable bonds is 6. The predicted octanol–water partition coefficient (Wildman–Crippen LogP) is 3.78. The molecule has 4 aliphatic heterocycles. The van der Waals surface area contributed by atoms with Gasteiger partial charge in [0.2, 0.25) is 11.8 Å². The Hall–Kier alpha value is -3.94. The zero-order valence-electron chi connectivity index (χ0n) is 29.9. The summed E-state index contributed by atoms with van der Waals surface area (Å²) in [6.07, 6.45) is 6.11. The third-order valence-corrected chi connectivity index (χ3v) is 13.9. The van der Waals surface area contributed by atoms with E-state index < -0.39 is 22.0 Å². The molecule has 13 heteroatoms. The highest BCUT2D eigenvalue weighted by molar-refractivity contribution is 7.87. The van der Waals surface area contributed by atoms with Crippen LogP contribution in [0, 0.1) is 16.7 Å². The topological polar surface area (TPSA) is 130 Å². The summed E-state index contributed by atoms with van der Waals surface area (Å²) in [7, 11) is 0.402. The van der Waals surface area contributed by atoms with Crippen LogP contribution in [0.5, 0.6) is 5.75 Å². The van der Waals surface area contributed by atoms with E-state index in [1.165, 1.54) is 26.1 Å². The second kappa shape index (κ2) is 12.3. The number of aromatic nitrogens is 1. The van der Waals surface area contributed by atoms with Crippen LogP contribution in [0.1, 0.15) is 66.4 Å². The van der Waals surface area contributed by atoms with Crippen LogP contribution in [-0.2, 0) is 37.5 Å². The summed E-state index contributed by atoms with van der Waals surface area (Å²) in [4.78, 5) is 44.6. The number of nitrogens with zero attached hydrogens (tertiary/aromatic N) is 4. The minimum absolute atomic E-state index is 0.0606. The van der Waals surface area contributed by atoms with E-state index >= 15 is 0 Å². The second-order valence-corrected chi connectivity index (χ2v) is 17.6. The molecule has 272 valence electrons. The van der Waals surface area contributed by atoms with Crippen molar-refractivity contribution in [2.45, 2.75) is 57.9 Å². The summed E-state index contributed by atoms with van der Waals surface area (Å²) in [5.74, 6) is 0.0685. The van der Waals surface area contributed by atoms with Crippen molar-refractivity contribution in [2.75, 3.05) is 60.6 Å². The molecule has 1 aliphatic carbocycles. The number of hydrogen-bond donors (Lipinski definition) is 1. The van der Waals surface area contributed by atoms with Gasteiger partial charge in [-0.05, 0) is 66.6 Å². The van der Waals surface area contributed by atoms with Gasteiger partial charge in [0.05, 0.1) is 31.9 Å². The Kier molecular flexibility index (Phi) is 8.27. The molecule has 3 saturated heterocycles. The van der Waals surface area contributed by atoms with E-state index in [2.05, 4.69) is 21.4 Å². The van der Waals surface area contributed by atoms with Gasteiger partial charge in [-0.1, -0.05) is 25.3 Å². The zero-order valence-corrected chi connectivity index (χ0v) is 30.7. The maximum Gasteiger partial charge on any atom is 0.303 e. The maximum absolute atomic E-state index is 14.9. The van der Waals surface area contributed by atoms with Crippen molar-refractivity contribution in [2.24, 2.45) is 16.7 Å². The molecule has 3 atom stereocenters. The molecule has 1 saturated carbocycles. The van der Waals surface area contributed by atoms with Gasteiger partial charge < -0.3 is 23.8 Å². The number of amides is 3. The van der Waals surface area contributed by atoms with Crippen LogP contribution in [0.4, 0.5) is 0 Å². The van der Waals surface area contributed by atoms with Crippen molar-refractivity contribution in [3.8, 4) is 17.0 Å². The number of fused-ring (bicyclic) bond motifs is 5. The molecule has 1 N–H and O–H groups in total. The standard InChI is InChI=1S/C38H47N5O7S/c1-24(44)41-18-37-20-42(21-38(37,19-41)23-50-22-37)36(46)28-14-27-15-29(49-4)11-13-30(27)34-33(25-8-6-5-7-9-25)31-12-10-26(16-32(31)43(34)17-28)35(45)39-51(47,48)40(2)3/h10-13,15-16,25,28H,5-9,14,17-23H2,1-4H3,(H,39,45). The average molecular weight is 718 g/mol. The van der Waals surface area contributed by atoms with Gasteiger partial charge in [0.1, 0.15) is 5.75 Å². The van der Waals surface area contributed by atoms with Crippen LogP contribution in [0.15, 0.2) is 36.4 Å². The van der Waals surface area contributed by atoms with Gasteiger partial charge in [-0.3, -0.25) is 14.4 Å². The number of hydrogen-bond acceptors (Lipinski definition) is 7. The maximum atomic E-state index is 14.9. The first-order chi connectivity index (χ1) is 24.3. The normalized spacial score (nSPS) is 26.1. The molecule has 4 fully saturated rings. The number of ether oxygens (including phenoxy) is 2. The van der Waals surface area contributed by atoms with Crippen molar-refractivity contribution in [1.82, 2.24) is 23.4 Å². The van der Waals surface area contributed by atoms with E-state index in [0.29, 0.717) is 58.3 Å². The van der Waals surface area contributed by atoms with Crippen LogP contribution in [0.25, 0.3) is 22.2 Å². The Morgan fingerprint density at radius 3 is 2.27 bits per heavy atom. The van der Waals surface area contributed by atoms with E-state index in [9.17, 15) is 22.8 Å². The van der Waals surface area contributed by atoms with Crippen LogP contribution >= 0.6 is 0 Å². The SMILES string of the molecule is COc1ccc2c(c1)CC(C(=O)N1CC34COCC3(CN(C(C)=O)C4)C1)Cn1c-2c(C2CCCCC2)c2ccc(C(=O)NS(=O)(=O)N(C)C)cc21. The van der Waals surface area contributed by atoms with Crippen LogP contribution in [0.2, 0.25) is 0 Å². The first-order valence-electron chi connectivity index (χ1n) is 18.1. The number of methoxy groups -OCH3 is 1. The van der Waals surface area contributed by atoms with Crippen molar-refractivity contribution < 1.29 is 32.3 Å². The molecule has 3 amide bonds. The van der Waals surface area contributed by atoms with E-state index in [4.69, 9.17) is 9.47 Å². The van der Waals surface area contributed by atoms with E-state index in [-0.39, 0.29) is 28.2 Å². The summed E-state index contributed by atoms with van der Waals surface area (Å²) >= 11 is 0. The third-order valence-electron chi connectivity index (χ3n) is 12.5. The molecule has 51 heavy (non-hydrogen) atoms. The van der Waals surface area contributed by atoms with Crippen molar-refractivity contribution in [1.29, 1.82) is 0 Å². The minimum Gasteiger partial charge on any atom is -0.497 e. The van der Waals surface area contributed by atoms with Gasteiger partial charge in [0, 0.05) is 86.6 Å². The Labute approximate surface area is 299 Å². The molecule has 5 aliphatic rings. The molecule has 3 unspecified atom stereocenters. The smallest absolute Gasteiger partial charge is 0.303 e. The summed E-state index contributed by atoms with van der Waals surface area (Å²) in [5.41, 5.74) is 4.93. The number of carbonyl (C=O) groups is 3. The van der Waals surface area contributed by atoms with Gasteiger partial charge in [-0.15, -0.1) is 0 Å². The summed E-state index contributed by atoms with van der Waals surface area (Å²) in [6, 6.07) is 11.6. The predicted molar refractivity (Wildman–Crippen MR) is 192 cm³/mol. The second-order valence-electron chi connectivity index (χ2n) is 15.7. The van der Waals surface area contributed by atoms with E-state index in [0.717, 1.165) is 63.5 Å². The number of likely N-dealkylation sites (tertiary alicyclic amines) is 2. The summed E-state index contributed by atoms with van der Waals surface area (Å²) in [6.45, 7) is 5.39. The van der Waals surface area contributed by atoms with Gasteiger partial charge in [0.25, 0.3) is 5.91 Å². The first-order valence-corrected chi connectivity index (χ1v) is 19.5.